The molecule has 1 aromatic heterocycles. The van der Waals surface area contributed by atoms with Gasteiger partial charge in [-0.1, -0.05) is 0 Å². The number of benzene rings is 1. The van der Waals surface area contributed by atoms with Gasteiger partial charge >= 0.3 is 6.03 Å². The summed E-state index contributed by atoms with van der Waals surface area (Å²) in [5.74, 6) is 1.53. The van der Waals surface area contributed by atoms with Crippen molar-refractivity contribution in [3.8, 4) is 11.5 Å². The lowest BCUT2D eigenvalue weighted by atomic mass is 10.3. The third kappa shape index (κ3) is 5.76. The number of hydrogen-bond acceptors (Lipinski definition) is 4. The predicted octanol–water partition coefficient (Wildman–Crippen LogP) is 3.74. The molecule has 0 aliphatic heterocycles. The quantitative estimate of drug-likeness (QED) is 0.722. The molecule has 2 amide bonds. The lowest BCUT2D eigenvalue weighted by Crippen LogP contribution is -2.38. The number of methoxy groups -OCH3 is 1. The normalized spacial score (nSPS) is 10.2. The Hall–Kier alpha value is -1.73. The summed E-state index contributed by atoms with van der Waals surface area (Å²) in [6, 6.07) is 11.2. The number of amides is 2. The van der Waals surface area contributed by atoms with Gasteiger partial charge < -0.3 is 19.7 Å². The molecule has 1 heterocycles. The van der Waals surface area contributed by atoms with Crippen LogP contribution in [0.1, 0.15) is 4.88 Å². The zero-order valence-electron chi connectivity index (χ0n) is 13.0. The van der Waals surface area contributed by atoms with Gasteiger partial charge in [-0.05, 0) is 52.3 Å². The first-order valence-corrected chi connectivity index (χ1v) is 8.69. The van der Waals surface area contributed by atoms with Crippen LogP contribution in [-0.4, -0.2) is 38.2 Å². The zero-order valence-corrected chi connectivity index (χ0v) is 15.4. The number of urea groups is 1. The molecule has 0 atom stereocenters. The van der Waals surface area contributed by atoms with E-state index in [2.05, 4.69) is 21.2 Å². The van der Waals surface area contributed by atoms with Gasteiger partial charge in [0.1, 0.15) is 18.1 Å². The smallest absolute Gasteiger partial charge is 0.317 e. The molecule has 5 nitrogen and oxygen atoms in total. The summed E-state index contributed by atoms with van der Waals surface area (Å²) in [5.41, 5.74) is 0. The fourth-order valence-electron chi connectivity index (χ4n) is 1.88. The van der Waals surface area contributed by atoms with Crippen molar-refractivity contribution in [2.45, 2.75) is 6.54 Å². The van der Waals surface area contributed by atoms with Gasteiger partial charge in [-0.2, -0.15) is 0 Å². The van der Waals surface area contributed by atoms with Gasteiger partial charge in [0.15, 0.2) is 0 Å². The summed E-state index contributed by atoms with van der Waals surface area (Å²) in [5, 5.41) is 2.83. The second-order valence-electron chi connectivity index (χ2n) is 4.82. The predicted molar refractivity (Wildman–Crippen MR) is 95.4 cm³/mol. The number of halogens is 1. The molecule has 0 fully saturated rings. The van der Waals surface area contributed by atoms with Crippen molar-refractivity contribution in [2.75, 3.05) is 27.3 Å². The number of nitrogens with one attached hydrogen (secondary N) is 1. The molecule has 0 spiro atoms. The topological polar surface area (TPSA) is 50.8 Å². The van der Waals surface area contributed by atoms with Crippen molar-refractivity contribution >= 4 is 33.3 Å². The molecule has 0 saturated heterocycles. The molecule has 23 heavy (non-hydrogen) atoms. The van der Waals surface area contributed by atoms with Crippen LogP contribution in [0.25, 0.3) is 0 Å². The van der Waals surface area contributed by atoms with E-state index in [9.17, 15) is 4.79 Å². The maximum atomic E-state index is 12.0. The van der Waals surface area contributed by atoms with E-state index in [-0.39, 0.29) is 6.03 Å². The minimum absolute atomic E-state index is 0.118. The Balaban J connectivity index is 1.67. The maximum absolute atomic E-state index is 12.0. The largest absolute Gasteiger partial charge is 0.497 e. The molecule has 2 rings (SSSR count). The van der Waals surface area contributed by atoms with E-state index in [4.69, 9.17) is 9.47 Å². The third-order valence-electron chi connectivity index (χ3n) is 3.08. The van der Waals surface area contributed by atoms with Crippen molar-refractivity contribution in [2.24, 2.45) is 0 Å². The third-order valence-corrected chi connectivity index (χ3v) is 4.68. The van der Waals surface area contributed by atoms with Crippen LogP contribution in [0.5, 0.6) is 11.5 Å². The summed E-state index contributed by atoms with van der Waals surface area (Å²) in [6.07, 6.45) is 0. The Morgan fingerprint density at radius 2 is 1.91 bits per heavy atom. The fraction of sp³-hybridized carbons (Fsp3) is 0.312. The highest BCUT2D eigenvalue weighted by atomic mass is 79.9. The van der Waals surface area contributed by atoms with Crippen LogP contribution in [0.3, 0.4) is 0 Å². The van der Waals surface area contributed by atoms with Gasteiger partial charge in [0.05, 0.1) is 24.0 Å². The Labute approximate surface area is 148 Å². The van der Waals surface area contributed by atoms with Gasteiger partial charge in [-0.25, -0.2) is 4.79 Å². The molecule has 0 aliphatic carbocycles. The number of hydrogen-bond donors (Lipinski definition) is 1. The standard InChI is InChI=1S/C16H19BrN2O3S/c1-19(11-14-7-8-15(17)23-14)16(20)18-9-10-22-13-5-3-12(21-2)4-6-13/h3-8H,9-11H2,1-2H3,(H,18,20). The van der Waals surface area contributed by atoms with Crippen LogP contribution in [0.4, 0.5) is 4.79 Å². The molecular formula is C16H19BrN2O3S. The summed E-state index contributed by atoms with van der Waals surface area (Å²) in [4.78, 5) is 14.8. The number of nitrogens with zero attached hydrogens (tertiary/aromatic N) is 1. The summed E-state index contributed by atoms with van der Waals surface area (Å²) >= 11 is 5.04. The molecule has 0 bridgehead atoms. The first-order valence-electron chi connectivity index (χ1n) is 7.08. The van der Waals surface area contributed by atoms with E-state index >= 15 is 0 Å². The maximum Gasteiger partial charge on any atom is 0.317 e. The number of ether oxygens (including phenoxy) is 2. The van der Waals surface area contributed by atoms with E-state index < -0.39 is 0 Å². The first kappa shape index (κ1) is 17.6. The van der Waals surface area contributed by atoms with E-state index in [1.807, 2.05) is 36.4 Å². The lowest BCUT2D eigenvalue weighted by molar-refractivity contribution is 0.204. The van der Waals surface area contributed by atoms with Crippen LogP contribution in [0, 0.1) is 0 Å². The molecule has 2 aromatic rings. The van der Waals surface area contributed by atoms with Crippen molar-refractivity contribution in [1.82, 2.24) is 10.2 Å². The number of thiophene rings is 1. The van der Waals surface area contributed by atoms with E-state index in [1.54, 1.807) is 30.4 Å². The fourth-order valence-corrected chi connectivity index (χ4v) is 3.41. The monoisotopic (exact) mass is 398 g/mol. The average molecular weight is 399 g/mol. The average Bonchev–Trinajstić information content (AvgIpc) is 2.96. The Morgan fingerprint density at radius 1 is 1.22 bits per heavy atom. The Kier molecular flexibility index (Phi) is 6.73. The molecule has 0 saturated carbocycles. The first-order chi connectivity index (χ1) is 11.1. The van der Waals surface area contributed by atoms with Crippen molar-refractivity contribution < 1.29 is 14.3 Å². The molecule has 0 unspecified atom stereocenters. The summed E-state index contributed by atoms with van der Waals surface area (Å²) < 4.78 is 11.7. The molecule has 1 N–H and O–H groups in total. The van der Waals surface area contributed by atoms with E-state index in [0.717, 1.165) is 20.2 Å². The summed E-state index contributed by atoms with van der Waals surface area (Å²) in [6.45, 7) is 1.45. The molecular weight excluding hydrogens is 380 g/mol. The number of carbonyl (C=O) groups excluding carboxylic acids is 1. The van der Waals surface area contributed by atoms with Gasteiger partial charge in [0.2, 0.25) is 0 Å². The SMILES string of the molecule is COc1ccc(OCCNC(=O)N(C)Cc2ccc(Br)s2)cc1. The van der Waals surface area contributed by atoms with Gasteiger partial charge in [-0.15, -0.1) is 11.3 Å². The van der Waals surface area contributed by atoms with Crippen LogP contribution in [0.15, 0.2) is 40.2 Å². The van der Waals surface area contributed by atoms with Crippen LogP contribution < -0.4 is 14.8 Å². The van der Waals surface area contributed by atoms with Crippen molar-refractivity contribution in [3.05, 3.63) is 45.1 Å². The zero-order chi connectivity index (χ0) is 16.7. The minimum Gasteiger partial charge on any atom is -0.497 e. The lowest BCUT2D eigenvalue weighted by Gasteiger charge is -2.17. The highest BCUT2D eigenvalue weighted by molar-refractivity contribution is 9.11. The van der Waals surface area contributed by atoms with Crippen LogP contribution in [0.2, 0.25) is 0 Å². The highest BCUT2D eigenvalue weighted by Crippen LogP contribution is 2.23. The van der Waals surface area contributed by atoms with Crippen molar-refractivity contribution in [3.63, 3.8) is 0 Å². The molecule has 124 valence electrons. The molecule has 1 aromatic carbocycles. The Morgan fingerprint density at radius 3 is 2.52 bits per heavy atom. The van der Waals surface area contributed by atoms with Gasteiger partial charge in [-0.3, -0.25) is 0 Å². The van der Waals surface area contributed by atoms with Gasteiger partial charge in [0, 0.05) is 11.9 Å². The van der Waals surface area contributed by atoms with Crippen LogP contribution >= 0.6 is 27.3 Å². The van der Waals surface area contributed by atoms with Crippen LogP contribution in [-0.2, 0) is 6.54 Å². The van der Waals surface area contributed by atoms with E-state index in [0.29, 0.717) is 19.7 Å². The molecule has 0 radical (unpaired) electrons. The number of carbonyl (C=O) groups is 1. The highest BCUT2D eigenvalue weighted by Gasteiger charge is 2.09. The second kappa shape index (κ2) is 8.79. The molecule has 7 heteroatoms. The van der Waals surface area contributed by atoms with Gasteiger partial charge in [0.25, 0.3) is 0 Å². The number of rotatable bonds is 7. The summed E-state index contributed by atoms with van der Waals surface area (Å²) in [7, 11) is 3.39. The van der Waals surface area contributed by atoms with Crippen molar-refractivity contribution in [1.29, 1.82) is 0 Å². The minimum atomic E-state index is -0.118. The van der Waals surface area contributed by atoms with E-state index in [1.165, 1.54) is 0 Å². The molecule has 0 aliphatic rings. The second-order valence-corrected chi connectivity index (χ2v) is 7.37. The Bertz CT molecular complexity index is 631.